The molecule has 0 aromatic rings. The van der Waals surface area contributed by atoms with E-state index >= 15 is 0 Å². The molecule has 0 aromatic carbocycles. The van der Waals surface area contributed by atoms with Crippen molar-refractivity contribution in [3.05, 3.63) is 0 Å². The van der Waals surface area contributed by atoms with E-state index < -0.39 is 0 Å². The topological polar surface area (TPSA) is 101 Å². The highest BCUT2D eigenvalue weighted by Gasteiger charge is 2.15. The molecule has 7 atom stereocenters. The summed E-state index contributed by atoms with van der Waals surface area (Å²) in [6, 6.07) is 0. The Kier molecular flexibility index (Phi) is 48.4. The van der Waals surface area contributed by atoms with E-state index in [9.17, 15) is 0 Å². The van der Waals surface area contributed by atoms with Gasteiger partial charge in [0, 0.05) is 58.8 Å². The van der Waals surface area contributed by atoms with Gasteiger partial charge in [0.2, 0.25) is 0 Å². The van der Waals surface area contributed by atoms with Crippen LogP contribution in [0.5, 0.6) is 0 Å². The van der Waals surface area contributed by atoms with Gasteiger partial charge in [0.05, 0.1) is 0 Å². The summed E-state index contributed by atoms with van der Waals surface area (Å²) in [5.74, 6) is 0.659. The maximum Gasteiger partial charge on any atom is 0.0467 e. The molecular formula is C29H68O5S5. The van der Waals surface area contributed by atoms with Crippen LogP contribution in [-0.4, -0.2) is 84.3 Å². The fourth-order valence-electron chi connectivity index (χ4n) is 2.56. The molecule has 0 amide bonds. The Morgan fingerprint density at radius 1 is 0.590 bits per heavy atom. The second kappa shape index (κ2) is 37.6. The van der Waals surface area contributed by atoms with E-state index in [1.54, 1.807) is 0 Å². The van der Waals surface area contributed by atoms with Gasteiger partial charge in [-0.25, -0.2) is 0 Å². The van der Waals surface area contributed by atoms with Crippen LogP contribution in [0.15, 0.2) is 0 Å². The lowest BCUT2D eigenvalue weighted by atomic mass is 10.0. The van der Waals surface area contributed by atoms with Crippen LogP contribution in [0.3, 0.4) is 0 Å². The third-order valence-corrected chi connectivity index (χ3v) is 8.90. The van der Waals surface area contributed by atoms with Gasteiger partial charge in [-0.15, -0.1) is 0 Å². The van der Waals surface area contributed by atoms with Crippen LogP contribution in [0, 0.1) is 11.8 Å². The molecule has 7 unspecified atom stereocenters. The van der Waals surface area contributed by atoms with Crippen molar-refractivity contribution in [2.24, 2.45) is 11.8 Å². The summed E-state index contributed by atoms with van der Waals surface area (Å²) in [7, 11) is 0. The molecule has 0 saturated carbocycles. The average Bonchev–Trinajstić information content (AvgIpc) is 2.88. The van der Waals surface area contributed by atoms with Crippen LogP contribution >= 0.6 is 63.1 Å². The van der Waals surface area contributed by atoms with E-state index in [1.165, 1.54) is 0 Å². The van der Waals surface area contributed by atoms with E-state index in [0.717, 1.165) is 57.8 Å². The minimum Gasteiger partial charge on any atom is -0.396 e. The predicted molar refractivity (Wildman–Crippen MR) is 192 cm³/mol. The van der Waals surface area contributed by atoms with Gasteiger partial charge in [-0.3, -0.25) is 0 Å². The van der Waals surface area contributed by atoms with Crippen LogP contribution in [0.4, 0.5) is 0 Å². The third kappa shape index (κ3) is 46.7. The molecular weight excluding hydrogens is 589 g/mol. The smallest absolute Gasteiger partial charge is 0.0467 e. The number of rotatable bonds is 16. The zero-order valence-electron chi connectivity index (χ0n) is 26.3. The number of thiol groups is 5. The van der Waals surface area contributed by atoms with Gasteiger partial charge in [-0.2, -0.15) is 63.1 Å². The molecule has 0 radical (unpaired) electrons. The molecule has 0 heterocycles. The summed E-state index contributed by atoms with van der Waals surface area (Å²) < 4.78 is 0.0451. The predicted octanol–water partition coefficient (Wildman–Crippen LogP) is 6.66. The second-order valence-electron chi connectivity index (χ2n) is 10.3. The van der Waals surface area contributed by atoms with E-state index in [4.69, 9.17) is 25.5 Å². The maximum atomic E-state index is 8.59. The summed E-state index contributed by atoms with van der Waals surface area (Å²) in [4.78, 5) is 0. The van der Waals surface area contributed by atoms with Gasteiger partial charge in [-0.05, 0) is 56.8 Å². The van der Waals surface area contributed by atoms with Crippen LogP contribution in [0.25, 0.3) is 0 Å². The normalized spacial score (nSPS) is 16.5. The minimum absolute atomic E-state index is 0.0451. The van der Waals surface area contributed by atoms with Gasteiger partial charge in [0.25, 0.3) is 0 Å². The molecule has 0 bridgehead atoms. The van der Waals surface area contributed by atoms with Crippen LogP contribution in [0.2, 0.25) is 0 Å². The first-order chi connectivity index (χ1) is 18.1. The molecule has 0 aromatic heterocycles. The van der Waals surface area contributed by atoms with Gasteiger partial charge in [0.15, 0.2) is 0 Å². The monoisotopic (exact) mass is 656 g/mol. The first-order valence-electron chi connectivity index (χ1n) is 14.6. The molecule has 0 aliphatic carbocycles. The Balaban J connectivity index is -0.000000124. The van der Waals surface area contributed by atoms with Crippen molar-refractivity contribution in [3.63, 3.8) is 0 Å². The largest absolute Gasteiger partial charge is 0.396 e. The quantitative estimate of drug-likeness (QED) is 0.0857. The molecule has 244 valence electrons. The standard InChI is InChI=1S/C7H16OS.2C6H14OS.2C5H12OS/c1-3-4-7(2,9)5-6-8;1-3-6(8)5(2)4-7;1-2-3-6(8)4-5-7;1-4(3-6)5(2)7;1-2-5(7)3-4-6/h8-9H,3-6H2,1-2H3;5-8H,3-4H2,1-2H3;6-8H,2-5H2,1H3;4-7H,3H2,1-2H3;5-7H,2-4H2,1H3. The molecule has 5 N–H and O–H groups in total. The highest BCUT2D eigenvalue weighted by Crippen LogP contribution is 2.23. The van der Waals surface area contributed by atoms with Crippen molar-refractivity contribution >= 4 is 63.1 Å². The summed E-state index contributed by atoms with van der Waals surface area (Å²) in [5.41, 5.74) is 0. The highest BCUT2D eigenvalue weighted by molar-refractivity contribution is 7.82. The minimum atomic E-state index is 0.0451. The van der Waals surface area contributed by atoms with Gasteiger partial charge in [-0.1, -0.05) is 68.2 Å². The number of hydrogen-bond donors (Lipinski definition) is 10. The Morgan fingerprint density at radius 2 is 1.05 bits per heavy atom. The lowest BCUT2D eigenvalue weighted by molar-refractivity contribution is 0.234. The first kappa shape index (κ1) is 50.2. The fraction of sp³-hybridized carbons (Fsp3) is 1.00. The molecule has 0 spiro atoms. The van der Waals surface area contributed by atoms with Crippen molar-refractivity contribution in [2.75, 3.05) is 33.0 Å². The van der Waals surface area contributed by atoms with Crippen molar-refractivity contribution in [1.82, 2.24) is 0 Å². The zero-order chi connectivity index (χ0) is 31.9. The van der Waals surface area contributed by atoms with Crippen molar-refractivity contribution < 1.29 is 25.5 Å². The Morgan fingerprint density at radius 3 is 1.26 bits per heavy atom. The Hall–Kier alpha value is 1.55. The van der Waals surface area contributed by atoms with Crippen molar-refractivity contribution in [1.29, 1.82) is 0 Å². The third-order valence-electron chi connectivity index (χ3n) is 5.93. The summed E-state index contributed by atoms with van der Waals surface area (Å²) in [6.07, 6.45) is 9.02. The lowest BCUT2D eigenvalue weighted by Gasteiger charge is -2.20. The Labute approximate surface area is 271 Å². The summed E-state index contributed by atoms with van der Waals surface area (Å²) in [5, 5.41) is 43.8. The van der Waals surface area contributed by atoms with E-state index in [0.29, 0.717) is 32.8 Å². The van der Waals surface area contributed by atoms with Crippen molar-refractivity contribution in [2.45, 2.75) is 139 Å². The molecule has 0 aliphatic rings. The maximum absolute atomic E-state index is 8.59. The van der Waals surface area contributed by atoms with Gasteiger partial charge in [0.1, 0.15) is 0 Å². The number of aliphatic hydroxyl groups excluding tert-OH is 5. The first-order valence-corrected chi connectivity index (χ1v) is 17.1. The fourth-order valence-corrected chi connectivity index (χ4v) is 3.56. The molecule has 0 fully saturated rings. The van der Waals surface area contributed by atoms with Crippen LogP contribution < -0.4 is 0 Å². The van der Waals surface area contributed by atoms with E-state index in [-0.39, 0.29) is 37.8 Å². The Bertz CT molecular complexity index is 413. The summed E-state index contributed by atoms with van der Waals surface area (Å²) >= 11 is 21.1. The molecule has 39 heavy (non-hydrogen) atoms. The number of aliphatic hydroxyl groups is 5. The molecule has 10 heteroatoms. The SMILES string of the molecule is CC(S)C(C)CO.CCC(S)C(C)CO.CCC(S)CCO.CCCC(C)(S)CCO.CCCC(S)CCO. The summed E-state index contributed by atoms with van der Waals surface area (Å²) in [6.45, 7) is 17.7. The van der Waals surface area contributed by atoms with E-state index in [2.05, 4.69) is 97.8 Å². The van der Waals surface area contributed by atoms with Crippen LogP contribution in [0.1, 0.15) is 113 Å². The molecule has 5 nitrogen and oxygen atoms in total. The van der Waals surface area contributed by atoms with Gasteiger partial charge < -0.3 is 25.5 Å². The van der Waals surface area contributed by atoms with Crippen molar-refractivity contribution in [3.8, 4) is 0 Å². The number of hydrogen-bond acceptors (Lipinski definition) is 10. The van der Waals surface area contributed by atoms with Crippen LogP contribution in [-0.2, 0) is 0 Å². The highest BCUT2D eigenvalue weighted by atomic mass is 32.1. The molecule has 0 aliphatic heterocycles. The lowest BCUT2D eigenvalue weighted by Crippen LogP contribution is -2.17. The molecule has 0 rings (SSSR count). The average molecular weight is 657 g/mol. The zero-order valence-corrected chi connectivity index (χ0v) is 30.8. The second-order valence-corrected chi connectivity index (χ2v) is 14.3. The molecule has 0 saturated heterocycles. The van der Waals surface area contributed by atoms with E-state index in [1.807, 2.05) is 20.8 Å². The van der Waals surface area contributed by atoms with Gasteiger partial charge >= 0.3 is 0 Å².